The molecule has 2 aromatic rings. The molecule has 22 heavy (non-hydrogen) atoms. The van der Waals surface area contributed by atoms with Crippen LogP contribution < -0.4 is 10.2 Å². The molecule has 2 rings (SSSR count). The number of amides is 1. The van der Waals surface area contributed by atoms with E-state index in [9.17, 15) is 9.18 Å². The molecule has 0 saturated heterocycles. The van der Waals surface area contributed by atoms with Crippen LogP contribution in [0.15, 0.2) is 52.0 Å². The number of carbonyl (C=O) groups excluding carboxylic acids is 1. The normalized spacial score (nSPS) is 10.7. The molecule has 0 heterocycles. The molecule has 0 unspecified atom stereocenters. The van der Waals surface area contributed by atoms with Crippen molar-refractivity contribution in [1.29, 1.82) is 0 Å². The van der Waals surface area contributed by atoms with Crippen molar-refractivity contribution in [3.05, 3.63) is 63.3 Å². The molecule has 0 aliphatic rings. The zero-order valence-corrected chi connectivity index (χ0v) is 13.6. The van der Waals surface area contributed by atoms with Crippen molar-refractivity contribution in [2.24, 2.45) is 5.10 Å². The second-order valence-electron chi connectivity index (χ2n) is 4.21. The number of hydrogen-bond acceptors (Lipinski definition) is 3. The van der Waals surface area contributed by atoms with E-state index in [1.807, 2.05) is 0 Å². The molecule has 0 saturated carbocycles. The van der Waals surface area contributed by atoms with Crippen LogP contribution in [0.3, 0.4) is 0 Å². The summed E-state index contributed by atoms with van der Waals surface area (Å²) in [5, 5.41) is 4.15. The van der Waals surface area contributed by atoms with Gasteiger partial charge >= 0.3 is 0 Å². The Bertz CT molecular complexity index is 692. The number of hydrazone groups is 1. The minimum absolute atomic E-state index is 0.220. The smallest absolute Gasteiger partial charge is 0.277 e. The molecule has 0 bridgehead atoms. The molecule has 2 aromatic carbocycles. The van der Waals surface area contributed by atoms with Crippen molar-refractivity contribution in [2.45, 2.75) is 0 Å². The number of rotatable bonds is 5. The van der Waals surface area contributed by atoms with Crippen molar-refractivity contribution >= 4 is 39.7 Å². The molecule has 0 aliphatic heterocycles. The molecule has 0 fully saturated rings. The first-order valence-corrected chi connectivity index (χ1v) is 7.37. The lowest BCUT2D eigenvalue weighted by Gasteiger charge is -2.07. The van der Waals surface area contributed by atoms with Gasteiger partial charge in [0.15, 0.2) is 6.61 Å². The van der Waals surface area contributed by atoms with E-state index < -0.39 is 5.91 Å². The first-order chi connectivity index (χ1) is 10.5. The van der Waals surface area contributed by atoms with Gasteiger partial charge in [-0.15, -0.1) is 0 Å². The Balaban J connectivity index is 1.81. The fourth-order valence-electron chi connectivity index (χ4n) is 1.50. The zero-order valence-electron chi connectivity index (χ0n) is 11.2. The average Bonchev–Trinajstić information content (AvgIpc) is 2.48. The van der Waals surface area contributed by atoms with E-state index in [1.54, 1.807) is 30.3 Å². The van der Waals surface area contributed by atoms with Gasteiger partial charge in [0.05, 0.1) is 11.2 Å². The standard InChI is InChI=1S/C15H11BrClFN2O2/c16-11-3-6-14(13(17)7-11)22-9-15(21)20-19-8-10-1-4-12(18)5-2-10/h1-8H,9H2,(H,20,21)/b19-8+. The molecule has 1 N–H and O–H groups in total. The van der Waals surface area contributed by atoms with Crippen LogP contribution in [0.1, 0.15) is 5.56 Å². The van der Waals surface area contributed by atoms with Gasteiger partial charge < -0.3 is 4.74 Å². The monoisotopic (exact) mass is 384 g/mol. The summed E-state index contributed by atoms with van der Waals surface area (Å²) < 4.78 is 18.8. The van der Waals surface area contributed by atoms with Gasteiger partial charge in [-0.05, 0) is 35.9 Å². The van der Waals surface area contributed by atoms with Crippen molar-refractivity contribution in [1.82, 2.24) is 5.43 Å². The molecule has 0 atom stereocenters. The predicted octanol–water partition coefficient (Wildman–Crippen LogP) is 3.77. The Morgan fingerprint density at radius 1 is 1.32 bits per heavy atom. The Kier molecular flexibility index (Phi) is 5.91. The Morgan fingerprint density at radius 3 is 2.73 bits per heavy atom. The SMILES string of the molecule is O=C(COc1ccc(Br)cc1Cl)N/N=C/c1ccc(F)cc1. The minimum Gasteiger partial charge on any atom is -0.482 e. The van der Waals surface area contributed by atoms with E-state index in [2.05, 4.69) is 26.5 Å². The number of nitrogens with one attached hydrogen (secondary N) is 1. The third-order valence-electron chi connectivity index (χ3n) is 2.53. The fourth-order valence-corrected chi connectivity index (χ4v) is 2.22. The van der Waals surface area contributed by atoms with Crippen molar-refractivity contribution in [3.8, 4) is 5.75 Å². The highest BCUT2D eigenvalue weighted by molar-refractivity contribution is 9.10. The Morgan fingerprint density at radius 2 is 2.05 bits per heavy atom. The van der Waals surface area contributed by atoms with Crippen molar-refractivity contribution in [2.75, 3.05) is 6.61 Å². The molecule has 114 valence electrons. The lowest BCUT2D eigenvalue weighted by molar-refractivity contribution is -0.123. The van der Waals surface area contributed by atoms with Crippen molar-refractivity contribution in [3.63, 3.8) is 0 Å². The van der Waals surface area contributed by atoms with Gasteiger partial charge in [0.2, 0.25) is 0 Å². The number of ether oxygens (including phenoxy) is 1. The van der Waals surface area contributed by atoms with E-state index in [-0.39, 0.29) is 12.4 Å². The van der Waals surface area contributed by atoms with Gasteiger partial charge in [0.1, 0.15) is 11.6 Å². The number of halogens is 3. The molecule has 7 heteroatoms. The summed E-state index contributed by atoms with van der Waals surface area (Å²) in [4.78, 5) is 11.6. The highest BCUT2D eigenvalue weighted by Gasteiger charge is 2.05. The van der Waals surface area contributed by atoms with Crippen LogP contribution in [0.5, 0.6) is 5.75 Å². The van der Waals surface area contributed by atoms with E-state index in [4.69, 9.17) is 16.3 Å². The summed E-state index contributed by atoms with van der Waals surface area (Å²) in [6, 6.07) is 10.8. The summed E-state index contributed by atoms with van der Waals surface area (Å²) in [5.41, 5.74) is 2.97. The third-order valence-corrected chi connectivity index (χ3v) is 3.31. The van der Waals surface area contributed by atoms with E-state index in [0.717, 1.165) is 4.47 Å². The quantitative estimate of drug-likeness (QED) is 0.629. The maximum absolute atomic E-state index is 12.7. The first kappa shape index (κ1) is 16.5. The van der Waals surface area contributed by atoms with Crippen LogP contribution in [0.4, 0.5) is 4.39 Å². The molecule has 0 aromatic heterocycles. The minimum atomic E-state index is -0.433. The largest absolute Gasteiger partial charge is 0.482 e. The summed E-state index contributed by atoms with van der Waals surface area (Å²) >= 11 is 9.24. The zero-order chi connectivity index (χ0) is 15.9. The number of hydrogen-bond donors (Lipinski definition) is 1. The van der Waals surface area contributed by atoms with Crippen LogP contribution in [-0.4, -0.2) is 18.7 Å². The summed E-state index contributed by atoms with van der Waals surface area (Å²) in [6.45, 7) is -0.220. The Labute approximate surface area is 140 Å². The number of benzene rings is 2. The second-order valence-corrected chi connectivity index (χ2v) is 5.53. The van der Waals surface area contributed by atoms with Gasteiger partial charge in [-0.1, -0.05) is 39.7 Å². The first-order valence-electron chi connectivity index (χ1n) is 6.20. The van der Waals surface area contributed by atoms with Gasteiger partial charge in [-0.2, -0.15) is 5.10 Å². The molecule has 0 aliphatic carbocycles. The van der Waals surface area contributed by atoms with Crippen LogP contribution in [0, 0.1) is 5.82 Å². The fraction of sp³-hybridized carbons (Fsp3) is 0.0667. The van der Waals surface area contributed by atoms with E-state index in [1.165, 1.54) is 18.3 Å². The van der Waals surface area contributed by atoms with Gasteiger partial charge in [-0.3, -0.25) is 4.79 Å². The average molecular weight is 386 g/mol. The maximum Gasteiger partial charge on any atom is 0.277 e. The van der Waals surface area contributed by atoms with Crippen LogP contribution in [0.25, 0.3) is 0 Å². The van der Waals surface area contributed by atoms with Gasteiger partial charge in [-0.25, -0.2) is 9.82 Å². The molecule has 0 radical (unpaired) electrons. The predicted molar refractivity (Wildman–Crippen MR) is 86.8 cm³/mol. The van der Waals surface area contributed by atoms with E-state index in [0.29, 0.717) is 16.3 Å². The number of carbonyl (C=O) groups is 1. The number of nitrogens with zero attached hydrogens (tertiary/aromatic N) is 1. The van der Waals surface area contributed by atoms with Gasteiger partial charge in [0.25, 0.3) is 5.91 Å². The second kappa shape index (κ2) is 7.91. The lowest BCUT2D eigenvalue weighted by atomic mass is 10.2. The van der Waals surface area contributed by atoms with Crippen molar-refractivity contribution < 1.29 is 13.9 Å². The van der Waals surface area contributed by atoms with E-state index >= 15 is 0 Å². The van der Waals surface area contributed by atoms with Crippen LogP contribution in [-0.2, 0) is 4.79 Å². The molecular weight excluding hydrogens is 375 g/mol. The Hall–Kier alpha value is -1.92. The summed E-state index contributed by atoms with van der Waals surface area (Å²) in [7, 11) is 0. The highest BCUT2D eigenvalue weighted by Crippen LogP contribution is 2.27. The molecular formula is C15H11BrClFN2O2. The van der Waals surface area contributed by atoms with Crippen LogP contribution in [0.2, 0.25) is 5.02 Å². The lowest BCUT2D eigenvalue weighted by Crippen LogP contribution is -2.24. The summed E-state index contributed by atoms with van der Waals surface area (Å²) in [5.74, 6) is -0.360. The van der Waals surface area contributed by atoms with Gasteiger partial charge in [0, 0.05) is 4.47 Å². The van der Waals surface area contributed by atoms with Crippen LogP contribution >= 0.6 is 27.5 Å². The third kappa shape index (κ3) is 5.13. The molecule has 1 amide bonds. The molecule has 4 nitrogen and oxygen atoms in total. The summed E-state index contributed by atoms with van der Waals surface area (Å²) in [6.07, 6.45) is 1.41. The highest BCUT2D eigenvalue weighted by atomic mass is 79.9. The molecule has 0 spiro atoms. The topological polar surface area (TPSA) is 50.7 Å². The maximum atomic E-state index is 12.7.